The van der Waals surface area contributed by atoms with Gasteiger partial charge in [0.1, 0.15) is 11.4 Å². The monoisotopic (exact) mass is 396 g/mol. The standard InChI is InChI=1S/C17H24N4O5S/c1-2-18-17(24)20-7-3-4-13(10-20)8-12-5-6-14(15(22)9-12)21-11-16(23)19-27(21,25)26/h5-6,9,11,13,19,22-23H,2-4,7-8,10H2,1H3,(H,18,24). The lowest BCUT2D eigenvalue weighted by Gasteiger charge is -2.33. The highest BCUT2D eigenvalue weighted by Gasteiger charge is 2.31. The Balaban J connectivity index is 1.70. The molecule has 3 rings (SSSR count). The van der Waals surface area contributed by atoms with Crippen molar-refractivity contribution in [2.75, 3.05) is 23.9 Å². The lowest BCUT2D eigenvalue weighted by atomic mass is 9.91. The first-order valence-corrected chi connectivity index (χ1v) is 10.3. The van der Waals surface area contributed by atoms with E-state index < -0.39 is 16.1 Å². The number of carbonyl (C=O) groups is 1. The maximum absolute atomic E-state index is 12.0. The lowest BCUT2D eigenvalue weighted by molar-refractivity contribution is 0.165. The maximum Gasteiger partial charge on any atom is 0.330 e. The second-order valence-corrected chi connectivity index (χ2v) is 8.28. The van der Waals surface area contributed by atoms with Crippen molar-refractivity contribution in [1.82, 2.24) is 14.9 Å². The average Bonchev–Trinajstić information content (AvgIpc) is 2.87. The first kappa shape index (κ1) is 19.2. The van der Waals surface area contributed by atoms with E-state index in [9.17, 15) is 23.4 Å². The molecule has 10 heteroatoms. The molecule has 2 heterocycles. The summed E-state index contributed by atoms with van der Waals surface area (Å²) < 4.78 is 26.6. The topological polar surface area (TPSA) is 122 Å². The smallest absolute Gasteiger partial charge is 0.330 e. The number of rotatable bonds is 4. The van der Waals surface area contributed by atoms with Crippen molar-refractivity contribution < 1.29 is 23.4 Å². The Morgan fingerprint density at radius 3 is 2.78 bits per heavy atom. The van der Waals surface area contributed by atoms with E-state index in [-0.39, 0.29) is 23.4 Å². The van der Waals surface area contributed by atoms with Gasteiger partial charge in [-0.15, -0.1) is 0 Å². The molecule has 0 spiro atoms. The minimum absolute atomic E-state index is 0.0567. The number of carbonyl (C=O) groups excluding carboxylic acids is 1. The predicted molar refractivity (Wildman–Crippen MR) is 100 cm³/mol. The zero-order valence-electron chi connectivity index (χ0n) is 15.1. The molecule has 27 heavy (non-hydrogen) atoms. The molecule has 1 unspecified atom stereocenters. The number of aliphatic hydroxyl groups is 1. The van der Waals surface area contributed by atoms with Crippen LogP contribution in [-0.4, -0.2) is 49.2 Å². The summed E-state index contributed by atoms with van der Waals surface area (Å²) in [5.74, 6) is -0.431. The van der Waals surface area contributed by atoms with E-state index in [2.05, 4.69) is 5.32 Å². The summed E-state index contributed by atoms with van der Waals surface area (Å²) in [6.45, 7) is 3.86. The molecule has 1 fully saturated rings. The number of aliphatic hydroxyl groups excluding tert-OH is 1. The summed E-state index contributed by atoms with van der Waals surface area (Å²) >= 11 is 0. The van der Waals surface area contributed by atoms with Gasteiger partial charge in [0.05, 0.1) is 6.20 Å². The van der Waals surface area contributed by atoms with Gasteiger partial charge in [0, 0.05) is 19.6 Å². The van der Waals surface area contributed by atoms with Crippen LogP contribution >= 0.6 is 0 Å². The first-order chi connectivity index (χ1) is 12.8. The van der Waals surface area contributed by atoms with Crippen LogP contribution in [0, 0.1) is 5.92 Å². The predicted octanol–water partition coefficient (Wildman–Crippen LogP) is 1.39. The maximum atomic E-state index is 12.0. The van der Waals surface area contributed by atoms with Crippen molar-refractivity contribution in [3.63, 3.8) is 0 Å². The molecular weight excluding hydrogens is 372 g/mol. The van der Waals surface area contributed by atoms with Gasteiger partial charge in [-0.3, -0.25) is 0 Å². The molecule has 1 saturated heterocycles. The molecule has 0 aromatic heterocycles. The zero-order chi connectivity index (χ0) is 19.6. The molecule has 0 bridgehead atoms. The van der Waals surface area contributed by atoms with Gasteiger partial charge in [-0.25, -0.2) is 13.8 Å². The van der Waals surface area contributed by atoms with Crippen LogP contribution in [0.25, 0.3) is 0 Å². The number of hydrogen-bond donors (Lipinski definition) is 4. The fraction of sp³-hybridized carbons (Fsp3) is 0.471. The van der Waals surface area contributed by atoms with Gasteiger partial charge in [-0.1, -0.05) is 6.07 Å². The van der Waals surface area contributed by atoms with Crippen molar-refractivity contribution in [2.24, 2.45) is 5.92 Å². The third-order valence-corrected chi connectivity index (χ3v) is 5.95. The van der Waals surface area contributed by atoms with E-state index in [0.29, 0.717) is 19.5 Å². The van der Waals surface area contributed by atoms with Crippen LogP contribution in [0.2, 0.25) is 0 Å². The van der Waals surface area contributed by atoms with Crippen LogP contribution in [0.1, 0.15) is 25.3 Å². The Morgan fingerprint density at radius 1 is 1.37 bits per heavy atom. The summed E-state index contributed by atoms with van der Waals surface area (Å²) in [6, 6.07) is 4.72. The number of benzene rings is 1. The number of hydrogen-bond acceptors (Lipinski definition) is 5. The highest BCUT2D eigenvalue weighted by molar-refractivity contribution is 7.91. The number of phenols is 1. The normalized spacial score (nSPS) is 21.5. The number of piperidine rings is 1. The number of phenolic OH excluding ortho intramolecular Hbond substituents is 1. The molecule has 9 nitrogen and oxygen atoms in total. The highest BCUT2D eigenvalue weighted by atomic mass is 32.2. The summed E-state index contributed by atoms with van der Waals surface area (Å²) in [5.41, 5.74) is 0.916. The van der Waals surface area contributed by atoms with Crippen LogP contribution in [0.3, 0.4) is 0 Å². The molecule has 0 aliphatic carbocycles. The average molecular weight is 396 g/mol. The van der Waals surface area contributed by atoms with Crippen molar-refractivity contribution in [3.8, 4) is 5.75 Å². The van der Waals surface area contributed by atoms with E-state index in [1.807, 2.05) is 16.5 Å². The van der Waals surface area contributed by atoms with Gasteiger partial charge in [0.15, 0.2) is 0 Å². The van der Waals surface area contributed by atoms with Crippen LogP contribution in [-0.2, 0) is 16.6 Å². The quantitative estimate of drug-likeness (QED) is 0.613. The number of nitrogens with zero attached hydrogens (tertiary/aromatic N) is 2. The van der Waals surface area contributed by atoms with Crippen LogP contribution in [0.5, 0.6) is 5.75 Å². The van der Waals surface area contributed by atoms with Gasteiger partial charge in [0.2, 0.25) is 5.88 Å². The highest BCUT2D eigenvalue weighted by Crippen LogP contribution is 2.33. The zero-order valence-corrected chi connectivity index (χ0v) is 15.9. The SMILES string of the molecule is CCNC(=O)N1CCCC(Cc2ccc(N3C=C(O)NS3(=O)=O)c(O)c2)C1. The Bertz CT molecular complexity index is 855. The van der Waals surface area contributed by atoms with E-state index >= 15 is 0 Å². The Hall–Kier alpha value is -2.62. The minimum Gasteiger partial charge on any atom is -0.506 e. The summed E-state index contributed by atoms with van der Waals surface area (Å²) in [5, 5.41) is 22.5. The second-order valence-electron chi connectivity index (χ2n) is 6.73. The molecule has 1 atom stereocenters. The molecule has 1 aromatic rings. The van der Waals surface area contributed by atoms with E-state index in [1.54, 1.807) is 6.07 Å². The molecule has 2 aliphatic rings. The second kappa shape index (κ2) is 7.55. The minimum atomic E-state index is -3.94. The fourth-order valence-electron chi connectivity index (χ4n) is 3.48. The van der Waals surface area contributed by atoms with Gasteiger partial charge >= 0.3 is 16.2 Å². The molecule has 2 aliphatic heterocycles. The van der Waals surface area contributed by atoms with Crippen molar-refractivity contribution >= 4 is 21.9 Å². The number of likely N-dealkylation sites (tertiary alicyclic amines) is 1. The number of amides is 2. The largest absolute Gasteiger partial charge is 0.506 e. The van der Waals surface area contributed by atoms with Crippen molar-refractivity contribution in [2.45, 2.75) is 26.2 Å². The lowest BCUT2D eigenvalue weighted by Crippen LogP contribution is -2.45. The Labute approximate surface area is 158 Å². The van der Waals surface area contributed by atoms with Crippen LogP contribution < -0.4 is 14.3 Å². The van der Waals surface area contributed by atoms with Gasteiger partial charge < -0.3 is 20.4 Å². The molecule has 1 aromatic carbocycles. The van der Waals surface area contributed by atoms with Crippen LogP contribution in [0.4, 0.5) is 10.5 Å². The van der Waals surface area contributed by atoms with E-state index in [4.69, 9.17) is 0 Å². The Morgan fingerprint density at radius 2 is 2.15 bits per heavy atom. The third-order valence-electron chi connectivity index (χ3n) is 4.67. The molecule has 2 amide bonds. The molecule has 4 N–H and O–H groups in total. The molecule has 0 radical (unpaired) electrons. The molecular formula is C17H24N4O5S. The van der Waals surface area contributed by atoms with Crippen molar-refractivity contribution in [1.29, 1.82) is 0 Å². The van der Waals surface area contributed by atoms with Gasteiger partial charge in [0.25, 0.3) is 0 Å². The Kier molecular flexibility index (Phi) is 5.36. The fourth-order valence-corrected chi connectivity index (χ4v) is 4.55. The number of anilines is 1. The summed E-state index contributed by atoms with van der Waals surface area (Å²) in [4.78, 5) is 13.8. The van der Waals surface area contributed by atoms with Crippen LogP contribution in [0.15, 0.2) is 30.3 Å². The number of nitrogens with one attached hydrogen (secondary N) is 2. The number of urea groups is 1. The van der Waals surface area contributed by atoms with Crippen molar-refractivity contribution in [3.05, 3.63) is 35.8 Å². The summed E-state index contributed by atoms with van der Waals surface area (Å²) in [7, 11) is -3.94. The first-order valence-electron chi connectivity index (χ1n) is 8.87. The molecule has 0 saturated carbocycles. The summed E-state index contributed by atoms with van der Waals surface area (Å²) in [6.07, 6.45) is 3.58. The van der Waals surface area contributed by atoms with Gasteiger partial charge in [-0.05, 0) is 49.8 Å². The van der Waals surface area contributed by atoms with Gasteiger partial charge in [-0.2, -0.15) is 8.42 Å². The third kappa shape index (κ3) is 4.21. The molecule has 148 valence electrons. The number of aromatic hydroxyl groups is 1. The van der Waals surface area contributed by atoms with E-state index in [0.717, 1.165) is 35.5 Å². The van der Waals surface area contributed by atoms with E-state index in [1.165, 1.54) is 12.1 Å².